The Morgan fingerprint density at radius 3 is 2.06 bits per heavy atom. The van der Waals surface area contributed by atoms with Gasteiger partial charge in [-0.1, -0.05) is 74.0 Å². The second-order valence-corrected chi connectivity index (χ2v) is 8.29. The molecule has 0 fully saturated rings. The molecule has 4 rings (SSSR count). The molecule has 188 valence electrons. The molecule has 3 aromatic carbocycles. The van der Waals surface area contributed by atoms with Crippen molar-refractivity contribution in [3.05, 3.63) is 90.0 Å². The summed E-state index contributed by atoms with van der Waals surface area (Å²) in [6.45, 7) is 7.74. The second kappa shape index (κ2) is 12.7. The summed E-state index contributed by atoms with van der Waals surface area (Å²) in [6.07, 6.45) is 0. The number of halogens is 1. The van der Waals surface area contributed by atoms with E-state index >= 15 is 0 Å². The lowest BCUT2D eigenvalue weighted by molar-refractivity contribution is -0.127. The van der Waals surface area contributed by atoms with Gasteiger partial charge in [0.25, 0.3) is 5.66 Å². The van der Waals surface area contributed by atoms with E-state index in [0.717, 1.165) is 13.1 Å². The predicted octanol–water partition coefficient (Wildman–Crippen LogP) is 4.67. The fraction of sp³-hybridized carbons (Fsp3) is 0.222. The Morgan fingerprint density at radius 2 is 1.50 bits per heavy atom. The van der Waals surface area contributed by atoms with Crippen LogP contribution in [0.25, 0.3) is 0 Å². The number of hydrogen-bond acceptors (Lipinski definition) is 6. The van der Waals surface area contributed by atoms with Gasteiger partial charge in [-0.25, -0.2) is 0 Å². The molecular weight excluding hydrogens is 476 g/mol. The minimum atomic E-state index is -1.66. The monoisotopic (exact) mass is 506 g/mol. The number of carbonyl (C=O) groups is 2. The highest BCUT2D eigenvalue weighted by Crippen LogP contribution is 2.30. The minimum absolute atomic E-state index is 0.188. The van der Waals surface area contributed by atoms with E-state index in [1.165, 1.54) is 11.9 Å². The van der Waals surface area contributed by atoms with Gasteiger partial charge >= 0.3 is 5.91 Å². The van der Waals surface area contributed by atoms with Crippen molar-refractivity contribution >= 4 is 46.3 Å². The van der Waals surface area contributed by atoms with Crippen LogP contribution in [0.15, 0.2) is 90.0 Å². The summed E-state index contributed by atoms with van der Waals surface area (Å²) in [5, 5.41) is 18.4. The van der Waals surface area contributed by atoms with E-state index in [1.807, 2.05) is 42.5 Å². The van der Waals surface area contributed by atoms with Crippen LogP contribution >= 0.6 is 11.6 Å². The Hall–Kier alpha value is -3.88. The Kier molecular flexibility index (Phi) is 9.44. The zero-order chi connectivity index (χ0) is 26.0. The lowest BCUT2D eigenvalue weighted by Gasteiger charge is -2.31. The number of carbonyl (C=O) groups excluding carboxylic acids is 2. The number of benzene rings is 3. The molecule has 8 nitrogen and oxygen atoms in total. The molecule has 0 saturated carbocycles. The molecule has 1 heterocycles. The van der Waals surface area contributed by atoms with Gasteiger partial charge in [-0.15, -0.1) is 5.10 Å². The van der Waals surface area contributed by atoms with Crippen molar-refractivity contribution in [2.45, 2.75) is 26.4 Å². The third kappa shape index (κ3) is 6.41. The Labute approximate surface area is 216 Å². The fourth-order valence-electron chi connectivity index (χ4n) is 3.54. The molecule has 0 bridgehead atoms. The second-order valence-electron chi connectivity index (χ2n) is 7.89. The van der Waals surface area contributed by atoms with E-state index in [4.69, 9.17) is 11.6 Å². The molecule has 0 radical (unpaired) electrons. The van der Waals surface area contributed by atoms with Gasteiger partial charge in [0.05, 0.1) is 16.4 Å². The maximum Gasteiger partial charge on any atom is 0.302 e. The van der Waals surface area contributed by atoms with Gasteiger partial charge in [-0.3, -0.25) is 9.59 Å². The van der Waals surface area contributed by atoms with E-state index in [9.17, 15) is 9.59 Å². The number of nitrogens with zero attached hydrogens (tertiary/aromatic N) is 2. The van der Waals surface area contributed by atoms with Crippen molar-refractivity contribution in [1.29, 1.82) is 0 Å². The van der Waals surface area contributed by atoms with Crippen LogP contribution in [0, 0.1) is 0 Å². The maximum absolute atomic E-state index is 13.7. The van der Waals surface area contributed by atoms with Crippen LogP contribution in [0.4, 0.5) is 17.1 Å². The standard InChI is InChI=1S/C23H20ClN5O2.C4H11N/c1-16(30)26-23(27-17-10-4-2-5-11-17)21(25-20-15-9-8-14-19(20)24)28-29(22(23)31)18-12-6-3-7-13-18;1-3-5-4-2/h2-15,27H,1H3,(H,25,28)(H,26,30);5H,3-4H2,1-2H3. The number of hydrazone groups is 1. The number of nitrogens with one attached hydrogen (secondary N) is 4. The molecule has 2 amide bonds. The molecule has 1 unspecified atom stereocenters. The van der Waals surface area contributed by atoms with E-state index in [1.54, 1.807) is 42.5 Å². The summed E-state index contributed by atoms with van der Waals surface area (Å²) in [7, 11) is 0. The van der Waals surface area contributed by atoms with E-state index < -0.39 is 17.5 Å². The summed E-state index contributed by atoms with van der Waals surface area (Å²) < 4.78 is 0. The SMILES string of the molecule is CC(=O)NC1(Nc2ccccc2)C(=O)N(c2ccccc2)N=C1Nc1ccccc1Cl.CCNCC. The van der Waals surface area contributed by atoms with E-state index in [2.05, 4.69) is 40.2 Å². The number of hydrogen-bond donors (Lipinski definition) is 4. The van der Waals surface area contributed by atoms with Crippen molar-refractivity contribution in [2.75, 3.05) is 28.7 Å². The third-order valence-electron chi connectivity index (χ3n) is 5.17. The molecule has 0 spiro atoms. The van der Waals surface area contributed by atoms with Gasteiger partial charge < -0.3 is 21.3 Å². The van der Waals surface area contributed by atoms with Crippen molar-refractivity contribution in [1.82, 2.24) is 10.6 Å². The summed E-state index contributed by atoms with van der Waals surface area (Å²) in [4.78, 5) is 25.9. The van der Waals surface area contributed by atoms with Crippen molar-refractivity contribution in [2.24, 2.45) is 5.10 Å². The summed E-state index contributed by atoms with van der Waals surface area (Å²) in [5.41, 5.74) is 0.0822. The molecule has 1 aliphatic heterocycles. The van der Waals surface area contributed by atoms with Gasteiger partial charge in [0, 0.05) is 12.6 Å². The summed E-state index contributed by atoms with van der Waals surface area (Å²) >= 11 is 6.33. The van der Waals surface area contributed by atoms with Gasteiger partial charge in [0.15, 0.2) is 5.84 Å². The zero-order valence-corrected chi connectivity index (χ0v) is 21.3. The summed E-state index contributed by atoms with van der Waals surface area (Å²) in [6, 6.07) is 25.2. The van der Waals surface area contributed by atoms with Crippen LogP contribution in [-0.2, 0) is 9.59 Å². The summed E-state index contributed by atoms with van der Waals surface area (Å²) in [5.74, 6) is -0.679. The molecule has 0 aromatic heterocycles. The number of rotatable bonds is 7. The fourth-order valence-corrected chi connectivity index (χ4v) is 3.73. The van der Waals surface area contributed by atoms with E-state index in [-0.39, 0.29) is 5.84 Å². The molecule has 3 aromatic rings. The van der Waals surface area contributed by atoms with Crippen LogP contribution in [0.1, 0.15) is 20.8 Å². The first-order valence-electron chi connectivity index (χ1n) is 11.7. The molecule has 1 atom stereocenters. The van der Waals surface area contributed by atoms with Gasteiger partial charge in [0.2, 0.25) is 5.91 Å². The van der Waals surface area contributed by atoms with Crippen LogP contribution < -0.4 is 26.3 Å². The molecule has 36 heavy (non-hydrogen) atoms. The van der Waals surface area contributed by atoms with Crippen LogP contribution in [0.2, 0.25) is 5.02 Å². The number of anilines is 3. The topological polar surface area (TPSA) is 97.9 Å². The average Bonchev–Trinajstić information content (AvgIpc) is 3.13. The maximum atomic E-state index is 13.7. The Bertz CT molecular complexity index is 1190. The molecule has 4 N–H and O–H groups in total. The van der Waals surface area contributed by atoms with Gasteiger partial charge in [0.1, 0.15) is 0 Å². The largest absolute Gasteiger partial charge is 0.348 e. The number of amidine groups is 1. The Morgan fingerprint density at radius 1 is 0.917 bits per heavy atom. The number of para-hydroxylation sites is 3. The third-order valence-corrected chi connectivity index (χ3v) is 5.49. The van der Waals surface area contributed by atoms with Gasteiger partial charge in [-0.2, -0.15) is 5.01 Å². The van der Waals surface area contributed by atoms with Crippen LogP contribution in [0.5, 0.6) is 0 Å². The highest BCUT2D eigenvalue weighted by Gasteiger charge is 2.53. The first-order valence-corrected chi connectivity index (χ1v) is 12.1. The van der Waals surface area contributed by atoms with Crippen LogP contribution in [0.3, 0.4) is 0 Å². The average molecular weight is 507 g/mol. The smallest absolute Gasteiger partial charge is 0.302 e. The van der Waals surface area contributed by atoms with Crippen molar-refractivity contribution < 1.29 is 9.59 Å². The first kappa shape index (κ1) is 26.7. The van der Waals surface area contributed by atoms with Crippen molar-refractivity contribution in [3.63, 3.8) is 0 Å². The number of amides is 2. The molecule has 1 aliphatic rings. The van der Waals surface area contributed by atoms with Crippen molar-refractivity contribution in [3.8, 4) is 0 Å². The zero-order valence-electron chi connectivity index (χ0n) is 20.6. The first-order chi connectivity index (χ1) is 17.4. The molecule has 9 heteroatoms. The quantitative estimate of drug-likeness (QED) is 0.349. The van der Waals surface area contributed by atoms with Crippen LogP contribution in [-0.4, -0.2) is 36.4 Å². The van der Waals surface area contributed by atoms with E-state index in [0.29, 0.717) is 22.1 Å². The molecule has 0 saturated heterocycles. The molecule has 0 aliphatic carbocycles. The predicted molar refractivity (Wildman–Crippen MR) is 147 cm³/mol. The minimum Gasteiger partial charge on any atom is -0.348 e. The molecular formula is C27H31ClN6O2. The highest BCUT2D eigenvalue weighted by atomic mass is 35.5. The lowest BCUT2D eigenvalue weighted by atomic mass is 10.1. The normalized spacial score (nSPS) is 16.5. The van der Waals surface area contributed by atoms with Gasteiger partial charge in [-0.05, 0) is 49.5 Å². The Balaban J connectivity index is 0.000000658. The highest BCUT2D eigenvalue weighted by molar-refractivity contribution is 6.35. The lowest BCUT2D eigenvalue weighted by Crippen LogP contribution is -2.66.